The van der Waals surface area contributed by atoms with E-state index < -0.39 is 0 Å². The van der Waals surface area contributed by atoms with Crippen LogP contribution in [0.15, 0.2) is 42.5 Å². The molecule has 5 nitrogen and oxygen atoms in total. The van der Waals surface area contributed by atoms with Crippen molar-refractivity contribution in [3.8, 4) is 0 Å². The van der Waals surface area contributed by atoms with Crippen LogP contribution in [0.25, 0.3) is 11.3 Å². The lowest BCUT2D eigenvalue weighted by Crippen LogP contribution is -2.11. The fourth-order valence-corrected chi connectivity index (χ4v) is 3.37. The van der Waals surface area contributed by atoms with E-state index in [2.05, 4.69) is 10.6 Å². The van der Waals surface area contributed by atoms with Gasteiger partial charge in [0.2, 0.25) is 5.91 Å². The molecule has 2 aliphatic heterocycles. The van der Waals surface area contributed by atoms with Gasteiger partial charge in [0.05, 0.1) is 5.57 Å². The van der Waals surface area contributed by atoms with Crippen LogP contribution in [0.5, 0.6) is 0 Å². The van der Waals surface area contributed by atoms with Gasteiger partial charge < -0.3 is 15.4 Å². The Morgan fingerprint density at radius 2 is 2.04 bits per heavy atom. The van der Waals surface area contributed by atoms with Crippen molar-refractivity contribution in [2.45, 2.75) is 19.4 Å². The minimum Gasteiger partial charge on any atom is -0.487 e. The normalized spacial score (nSPS) is 17.3. The van der Waals surface area contributed by atoms with Gasteiger partial charge in [0, 0.05) is 40.4 Å². The molecule has 0 aromatic heterocycles. The molecule has 0 saturated heterocycles. The number of rotatable bonds is 4. The van der Waals surface area contributed by atoms with Gasteiger partial charge in [0.15, 0.2) is 0 Å². The molecular weight excluding hydrogens is 352 g/mol. The summed E-state index contributed by atoms with van der Waals surface area (Å²) >= 11 is 5.62. The standard InChI is InChI=1S/C20H17ClN2O3/c21-9-3-6-17(24)22-13-7-8-14-12(10-13)11-26-19(14)18-15-4-1-2-5-16(15)23-20(18)25/h1-2,4-5,7-8,10H,3,6,9,11H2,(H,22,24)(H,23,25)/b19-18+. The number of anilines is 2. The van der Waals surface area contributed by atoms with E-state index in [1.165, 1.54) is 0 Å². The number of nitrogens with one attached hydrogen (secondary N) is 2. The first-order valence-corrected chi connectivity index (χ1v) is 8.98. The van der Waals surface area contributed by atoms with Crippen LogP contribution in [0, 0.1) is 0 Å². The molecule has 2 heterocycles. The summed E-state index contributed by atoms with van der Waals surface area (Å²) in [5, 5.41) is 5.73. The number of halogens is 1. The van der Waals surface area contributed by atoms with Gasteiger partial charge in [0.1, 0.15) is 12.4 Å². The Kier molecular flexibility index (Phi) is 4.39. The molecule has 0 radical (unpaired) electrons. The number of amides is 2. The van der Waals surface area contributed by atoms with Crippen LogP contribution in [-0.2, 0) is 20.9 Å². The van der Waals surface area contributed by atoms with E-state index in [4.69, 9.17) is 16.3 Å². The smallest absolute Gasteiger partial charge is 0.260 e. The molecule has 0 saturated carbocycles. The highest BCUT2D eigenvalue weighted by Crippen LogP contribution is 2.41. The van der Waals surface area contributed by atoms with Gasteiger partial charge in [-0.2, -0.15) is 0 Å². The first kappa shape index (κ1) is 16.7. The number of carbonyl (C=O) groups is 2. The summed E-state index contributed by atoms with van der Waals surface area (Å²) in [7, 11) is 0. The molecule has 132 valence electrons. The Morgan fingerprint density at radius 1 is 1.19 bits per heavy atom. The Hall–Kier alpha value is -2.79. The molecule has 0 unspecified atom stereocenters. The second-order valence-electron chi connectivity index (χ2n) is 6.21. The van der Waals surface area contributed by atoms with E-state index in [1.807, 2.05) is 42.5 Å². The van der Waals surface area contributed by atoms with Crippen LogP contribution in [0.2, 0.25) is 0 Å². The van der Waals surface area contributed by atoms with Crippen molar-refractivity contribution in [2.24, 2.45) is 0 Å². The van der Waals surface area contributed by atoms with Crippen molar-refractivity contribution in [3.63, 3.8) is 0 Å². The van der Waals surface area contributed by atoms with Crippen LogP contribution in [-0.4, -0.2) is 17.7 Å². The molecule has 2 aromatic rings. The van der Waals surface area contributed by atoms with Gasteiger partial charge in [-0.3, -0.25) is 9.59 Å². The predicted octanol–water partition coefficient (Wildman–Crippen LogP) is 3.99. The van der Waals surface area contributed by atoms with Crippen molar-refractivity contribution >= 4 is 46.1 Å². The molecule has 4 rings (SSSR count). The molecule has 6 heteroatoms. The highest BCUT2D eigenvalue weighted by atomic mass is 35.5. The van der Waals surface area contributed by atoms with E-state index in [1.54, 1.807) is 0 Å². The number of benzene rings is 2. The van der Waals surface area contributed by atoms with Crippen molar-refractivity contribution < 1.29 is 14.3 Å². The van der Waals surface area contributed by atoms with E-state index in [0.717, 1.165) is 28.1 Å². The largest absolute Gasteiger partial charge is 0.487 e. The summed E-state index contributed by atoms with van der Waals surface area (Å²) in [6.07, 6.45) is 1.04. The summed E-state index contributed by atoms with van der Waals surface area (Å²) < 4.78 is 5.85. The quantitative estimate of drug-likeness (QED) is 0.633. The maximum atomic E-state index is 12.4. The fraction of sp³-hybridized carbons (Fsp3) is 0.200. The second kappa shape index (κ2) is 6.84. The number of fused-ring (bicyclic) bond motifs is 2. The van der Waals surface area contributed by atoms with Gasteiger partial charge in [-0.15, -0.1) is 11.6 Å². The summed E-state index contributed by atoms with van der Waals surface area (Å²) in [5.41, 5.74) is 4.73. The van der Waals surface area contributed by atoms with Gasteiger partial charge in [-0.25, -0.2) is 0 Å². The highest BCUT2D eigenvalue weighted by Gasteiger charge is 2.32. The lowest BCUT2D eigenvalue weighted by Gasteiger charge is -2.07. The monoisotopic (exact) mass is 368 g/mol. The zero-order valence-electron chi connectivity index (χ0n) is 14.0. The Morgan fingerprint density at radius 3 is 2.88 bits per heavy atom. The molecule has 2 aromatic carbocycles. The van der Waals surface area contributed by atoms with Crippen molar-refractivity contribution in [1.29, 1.82) is 0 Å². The van der Waals surface area contributed by atoms with Gasteiger partial charge in [-0.05, 0) is 30.7 Å². The average Bonchev–Trinajstić information content (AvgIpc) is 3.19. The van der Waals surface area contributed by atoms with E-state index in [-0.39, 0.29) is 11.8 Å². The molecule has 0 atom stereocenters. The van der Waals surface area contributed by atoms with Gasteiger partial charge in [0.25, 0.3) is 5.91 Å². The SMILES string of the molecule is O=C(CCCCl)Nc1ccc2c(c1)CO/C2=C1/C(=O)Nc2ccccc21. The lowest BCUT2D eigenvalue weighted by atomic mass is 10.0. The predicted molar refractivity (Wildman–Crippen MR) is 102 cm³/mol. The number of hydrogen-bond acceptors (Lipinski definition) is 3. The van der Waals surface area contributed by atoms with Crippen molar-refractivity contribution in [3.05, 3.63) is 59.2 Å². The third-order valence-corrected chi connectivity index (χ3v) is 4.71. The molecule has 0 spiro atoms. The number of ether oxygens (including phenoxy) is 1. The van der Waals surface area contributed by atoms with Crippen LogP contribution in [0.3, 0.4) is 0 Å². The highest BCUT2D eigenvalue weighted by molar-refractivity contribution is 6.36. The Balaban J connectivity index is 1.65. The molecule has 26 heavy (non-hydrogen) atoms. The first-order chi connectivity index (χ1) is 12.7. The fourth-order valence-electron chi connectivity index (χ4n) is 3.24. The number of carbonyl (C=O) groups excluding carboxylic acids is 2. The molecule has 0 aliphatic carbocycles. The second-order valence-corrected chi connectivity index (χ2v) is 6.58. The molecule has 2 amide bonds. The van der Waals surface area contributed by atoms with Crippen molar-refractivity contribution in [2.75, 3.05) is 16.5 Å². The number of para-hydroxylation sites is 1. The minimum absolute atomic E-state index is 0.0628. The van der Waals surface area contributed by atoms with Crippen LogP contribution in [0.4, 0.5) is 11.4 Å². The number of alkyl halides is 1. The average molecular weight is 369 g/mol. The molecule has 0 fully saturated rings. The van der Waals surface area contributed by atoms with E-state index in [9.17, 15) is 9.59 Å². The van der Waals surface area contributed by atoms with Crippen LogP contribution in [0.1, 0.15) is 29.5 Å². The Labute approximate surface area is 156 Å². The van der Waals surface area contributed by atoms with Crippen LogP contribution < -0.4 is 10.6 Å². The molecule has 0 bridgehead atoms. The topological polar surface area (TPSA) is 67.4 Å². The maximum Gasteiger partial charge on any atom is 0.260 e. The zero-order chi connectivity index (χ0) is 18.1. The lowest BCUT2D eigenvalue weighted by molar-refractivity contribution is -0.116. The third kappa shape index (κ3) is 2.95. The summed E-state index contributed by atoms with van der Waals surface area (Å²) in [6, 6.07) is 13.2. The third-order valence-electron chi connectivity index (χ3n) is 4.44. The number of hydrogen-bond donors (Lipinski definition) is 2. The van der Waals surface area contributed by atoms with Gasteiger partial charge in [-0.1, -0.05) is 18.2 Å². The zero-order valence-corrected chi connectivity index (χ0v) is 14.7. The minimum atomic E-state index is -0.160. The van der Waals surface area contributed by atoms with E-state index >= 15 is 0 Å². The van der Waals surface area contributed by atoms with Gasteiger partial charge >= 0.3 is 0 Å². The summed E-state index contributed by atoms with van der Waals surface area (Å²) in [6.45, 7) is 0.370. The first-order valence-electron chi connectivity index (χ1n) is 8.44. The molecular formula is C20H17ClN2O3. The maximum absolute atomic E-state index is 12.4. The summed E-state index contributed by atoms with van der Waals surface area (Å²) in [4.78, 5) is 24.3. The summed E-state index contributed by atoms with van der Waals surface area (Å²) in [5.74, 6) is 0.827. The van der Waals surface area contributed by atoms with E-state index in [0.29, 0.717) is 36.7 Å². The van der Waals surface area contributed by atoms with Crippen molar-refractivity contribution in [1.82, 2.24) is 0 Å². The van der Waals surface area contributed by atoms with Crippen LogP contribution >= 0.6 is 11.6 Å². The molecule has 2 N–H and O–H groups in total. The molecule has 2 aliphatic rings. The Bertz CT molecular complexity index is 936.